The van der Waals surface area contributed by atoms with Crippen molar-refractivity contribution >= 4 is 5.97 Å². The van der Waals surface area contributed by atoms with Crippen LogP contribution in [0.15, 0.2) is 11.6 Å². The summed E-state index contributed by atoms with van der Waals surface area (Å²) in [5.74, 6) is -0.228. The third kappa shape index (κ3) is 4.96. The summed E-state index contributed by atoms with van der Waals surface area (Å²) in [4.78, 5) is 13.9. The molecule has 1 fully saturated rings. The lowest BCUT2D eigenvalue weighted by Crippen LogP contribution is -2.57. The van der Waals surface area contributed by atoms with Crippen LogP contribution in [0.25, 0.3) is 0 Å². The Morgan fingerprint density at radius 2 is 1.79 bits per heavy atom. The van der Waals surface area contributed by atoms with Crippen LogP contribution in [0, 0.1) is 0 Å². The molecule has 1 aliphatic heterocycles. The largest absolute Gasteiger partial charge is 0.466 e. The van der Waals surface area contributed by atoms with Gasteiger partial charge >= 0.3 is 5.97 Å². The second-order valence-electron chi connectivity index (χ2n) is 6.37. The fourth-order valence-corrected chi connectivity index (χ4v) is 2.82. The molecule has 4 nitrogen and oxygen atoms in total. The molecule has 4 heteroatoms. The number of morpholine rings is 1. The van der Waals surface area contributed by atoms with Gasteiger partial charge in [0.15, 0.2) is 0 Å². The number of methoxy groups -OCH3 is 1. The van der Waals surface area contributed by atoms with Gasteiger partial charge in [-0.15, -0.1) is 0 Å². The maximum Gasteiger partial charge on any atom is 0.333 e. The van der Waals surface area contributed by atoms with Gasteiger partial charge in [0.05, 0.1) is 18.3 Å². The van der Waals surface area contributed by atoms with Gasteiger partial charge in [-0.25, -0.2) is 4.79 Å². The van der Waals surface area contributed by atoms with E-state index in [0.29, 0.717) is 6.42 Å². The minimum absolute atomic E-state index is 0.159. The normalized spacial score (nSPS) is 23.2. The van der Waals surface area contributed by atoms with Gasteiger partial charge in [-0.05, 0) is 34.1 Å². The van der Waals surface area contributed by atoms with Crippen LogP contribution >= 0.6 is 0 Å². The molecule has 1 heterocycles. The van der Waals surface area contributed by atoms with E-state index in [2.05, 4.69) is 32.6 Å². The maximum absolute atomic E-state index is 11.5. The summed E-state index contributed by atoms with van der Waals surface area (Å²) in [7, 11) is 1.42. The molecule has 0 unspecified atom stereocenters. The molecule has 110 valence electrons. The summed E-state index contributed by atoms with van der Waals surface area (Å²) in [5, 5.41) is 0. The topological polar surface area (TPSA) is 38.8 Å². The van der Waals surface area contributed by atoms with Crippen molar-refractivity contribution in [3.63, 3.8) is 0 Å². The fourth-order valence-electron chi connectivity index (χ4n) is 2.82. The Balaban J connectivity index is 2.71. The molecular weight excluding hydrogens is 242 g/mol. The van der Waals surface area contributed by atoms with Gasteiger partial charge in [0, 0.05) is 25.2 Å². The average Bonchev–Trinajstić information content (AvgIpc) is 2.25. The lowest BCUT2D eigenvalue weighted by Gasteiger charge is -2.47. The third-order valence-corrected chi connectivity index (χ3v) is 3.19. The molecule has 0 amide bonds. The Morgan fingerprint density at radius 3 is 2.21 bits per heavy atom. The summed E-state index contributed by atoms with van der Waals surface area (Å²) in [6, 6.07) is 0. The maximum atomic E-state index is 11.5. The molecule has 0 bridgehead atoms. The quantitative estimate of drug-likeness (QED) is 0.580. The van der Waals surface area contributed by atoms with Gasteiger partial charge in [-0.3, -0.25) is 4.90 Å². The lowest BCUT2D eigenvalue weighted by molar-refractivity contribution is -0.178. The zero-order chi connectivity index (χ0) is 14.7. The Morgan fingerprint density at radius 1 is 1.26 bits per heavy atom. The van der Waals surface area contributed by atoms with Gasteiger partial charge in [-0.1, -0.05) is 13.0 Å². The van der Waals surface area contributed by atoms with E-state index in [1.165, 1.54) is 7.11 Å². The first-order chi connectivity index (χ1) is 8.69. The molecule has 1 aliphatic rings. The van der Waals surface area contributed by atoms with Crippen LogP contribution in [-0.2, 0) is 14.3 Å². The molecule has 0 saturated carbocycles. The first-order valence-corrected chi connectivity index (χ1v) is 6.89. The second-order valence-corrected chi connectivity index (χ2v) is 6.37. The van der Waals surface area contributed by atoms with Crippen molar-refractivity contribution in [3.05, 3.63) is 11.6 Å². The van der Waals surface area contributed by atoms with E-state index in [1.807, 2.05) is 13.0 Å². The zero-order valence-electron chi connectivity index (χ0n) is 13.1. The van der Waals surface area contributed by atoms with Crippen molar-refractivity contribution in [1.82, 2.24) is 4.90 Å². The van der Waals surface area contributed by atoms with Crippen molar-refractivity contribution in [2.75, 3.05) is 26.7 Å². The van der Waals surface area contributed by atoms with E-state index in [0.717, 1.165) is 25.2 Å². The number of esters is 1. The van der Waals surface area contributed by atoms with Crippen LogP contribution in [0.1, 0.15) is 41.0 Å². The van der Waals surface area contributed by atoms with Crippen LogP contribution in [0.2, 0.25) is 0 Å². The molecule has 0 N–H and O–H groups in total. The molecule has 0 atom stereocenters. The lowest BCUT2D eigenvalue weighted by atomic mass is 9.99. The minimum atomic E-state index is -0.228. The fraction of sp³-hybridized carbons (Fsp3) is 0.800. The Labute approximate surface area is 116 Å². The van der Waals surface area contributed by atoms with Crippen LogP contribution < -0.4 is 0 Å². The first kappa shape index (κ1) is 16.2. The predicted octanol–water partition coefficient (Wildman–Crippen LogP) is 2.39. The van der Waals surface area contributed by atoms with Crippen molar-refractivity contribution in [3.8, 4) is 0 Å². The highest BCUT2D eigenvalue weighted by Crippen LogP contribution is 2.27. The number of ether oxygens (including phenoxy) is 2. The van der Waals surface area contributed by atoms with Gasteiger partial charge < -0.3 is 9.47 Å². The van der Waals surface area contributed by atoms with Crippen LogP contribution in [0.5, 0.6) is 0 Å². The smallest absolute Gasteiger partial charge is 0.333 e. The van der Waals surface area contributed by atoms with E-state index >= 15 is 0 Å². The van der Waals surface area contributed by atoms with E-state index in [-0.39, 0.29) is 17.2 Å². The van der Waals surface area contributed by atoms with Crippen molar-refractivity contribution < 1.29 is 14.3 Å². The van der Waals surface area contributed by atoms with E-state index in [1.54, 1.807) is 0 Å². The number of nitrogens with zero attached hydrogens (tertiary/aromatic N) is 1. The summed E-state index contributed by atoms with van der Waals surface area (Å²) < 4.78 is 10.8. The van der Waals surface area contributed by atoms with Gasteiger partial charge in [-0.2, -0.15) is 0 Å². The van der Waals surface area contributed by atoms with E-state index < -0.39 is 0 Å². The van der Waals surface area contributed by atoms with Crippen molar-refractivity contribution in [2.24, 2.45) is 0 Å². The van der Waals surface area contributed by atoms with Crippen molar-refractivity contribution in [1.29, 1.82) is 0 Å². The monoisotopic (exact) mass is 269 g/mol. The number of hydrogen-bond donors (Lipinski definition) is 0. The van der Waals surface area contributed by atoms with Crippen LogP contribution in [0.4, 0.5) is 0 Å². The molecule has 0 aromatic heterocycles. The molecule has 1 rings (SSSR count). The molecule has 0 aromatic carbocycles. The molecule has 0 aliphatic carbocycles. The summed E-state index contributed by atoms with van der Waals surface area (Å²) in [5.41, 5.74) is 0.421. The summed E-state index contributed by atoms with van der Waals surface area (Å²) in [6.45, 7) is 12.9. The standard InChI is InChI=1S/C15H27NO3/c1-7-12(13(17)18-6)8-9-16-10-14(2,3)19-15(4,5)11-16/h8H,7,9-11H2,1-6H3. The third-order valence-electron chi connectivity index (χ3n) is 3.19. The first-order valence-electron chi connectivity index (χ1n) is 6.89. The highest BCUT2D eigenvalue weighted by molar-refractivity contribution is 5.88. The van der Waals surface area contributed by atoms with E-state index in [9.17, 15) is 4.79 Å². The van der Waals surface area contributed by atoms with E-state index in [4.69, 9.17) is 9.47 Å². The number of carbonyl (C=O) groups excluding carboxylic acids is 1. The summed E-state index contributed by atoms with van der Waals surface area (Å²) in [6.07, 6.45) is 2.67. The number of hydrogen-bond acceptors (Lipinski definition) is 4. The SMILES string of the molecule is CCC(=CCN1CC(C)(C)OC(C)(C)C1)C(=O)OC. The molecule has 0 aromatic rings. The van der Waals surface area contributed by atoms with Gasteiger partial charge in [0.25, 0.3) is 0 Å². The molecule has 0 spiro atoms. The Bertz CT molecular complexity index is 342. The molecule has 1 saturated heterocycles. The number of rotatable bonds is 4. The van der Waals surface area contributed by atoms with Crippen molar-refractivity contribution in [2.45, 2.75) is 52.2 Å². The number of carbonyl (C=O) groups is 1. The van der Waals surface area contributed by atoms with Gasteiger partial charge in [0.1, 0.15) is 0 Å². The molecule has 0 radical (unpaired) electrons. The Kier molecular flexibility index (Phi) is 5.16. The minimum Gasteiger partial charge on any atom is -0.466 e. The average molecular weight is 269 g/mol. The predicted molar refractivity (Wildman–Crippen MR) is 76.1 cm³/mol. The zero-order valence-corrected chi connectivity index (χ0v) is 13.1. The second kappa shape index (κ2) is 6.06. The highest BCUT2D eigenvalue weighted by atomic mass is 16.5. The Hall–Kier alpha value is -0.870. The van der Waals surface area contributed by atoms with Gasteiger partial charge in [0.2, 0.25) is 0 Å². The molecular formula is C15H27NO3. The van der Waals surface area contributed by atoms with Crippen LogP contribution in [-0.4, -0.2) is 48.8 Å². The summed E-state index contributed by atoms with van der Waals surface area (Å²) >= 11 is 0. The highest BCUT2D eigenvalue weighted by Gasteiger charge is 2.37. The molecule has 19 heavy (non-hydrogen) atoms. The van der Waals surface area contributed by atoms with Crippen LogP contribution in [0.3, 0.4) is 0 Å².